The van der Waals surface area contributed by atoms with Gasteiger partial charge in [-0.15, -0.1) is 0 Å². The fourth-order valence-corrected chi connectivity index (χ4v) is 6.31. The molecule has 1 fully saturated rings. The molecule has 0 spiro atoms. The minimum atomic E-state index is -3.67. The Bertz CT molecular complexity index is 1630. The first-order valence-corrected chi connectivity index (χ1v) is 15.8. The van der Waals surface area contributed by atoms with Crippen molar-refractivity contribution >= 4 is 33.4 Å². The lowest BCUT2D eigenvalue weighted by molar-refractivity contribution is -0.143. The van der Waals surface area contributed by atoms with E-state index in [2.05, 4.69) is 5.32 Å². The number of rotatable bonds is 12. The molecule has 1 aromatic heterocycles. The summed E-state index contributed by atoms with van der Waals surface area (Å²) >= 11 is 6.09. The van der Waals surface area contributed by atoms with Crippen LogP contribution in [0.15, 0.2) is 107 Å². The number of hydrogen-bond acceptors (Lipinski definition) is 7. The summed E-state index contributed by atoms with van der Waals surface area (Å²) in [5.74, 6) is 0.0342. The number of carbonyl (C=O) groups is 2. The summed E-state index contributed by atoms with van der Waals surface area (Å²) in [5, 5.41) is 3.42. The number of furan rings is 1. The number of nitrogens with one attached hydrogen (secondary N) is 1. The molecule has 0 unspecified atom stereocenters. The molecule has 0 radical (unpaired) electrons. The Balaban J connectivity index is 1.36. The zero-order chi connectivity index (χ0) is 30.9. The van der Waals surface area contributed by atoms with Gasteiger partial charge in [0.1, 0.15) is 17.6 Å². The summed E-state index contributed by atoms with van der Waals surface area (Å²) in [6.45, 7) is 1.13. The van der Waals surface area contributed by atoms with Crippen LogP contribution in [-0.4, -0.2) is 62.3 Å². The number of ether oxygens (including phenoxy) is 2. The van der Waals surface area contributed by atoms with E-state index in [0.717, 1.165) is 5.56 Å². The molecule has 2 heterocycles. The zero-order valence-corrected chi connectivity index (χ0v) is 25.4. The second-order valence-corrected chi connectivity index (χ2v) is 12.4. The van der Waals surface area contributed by atoms with Gasteiger partial charge in [0.15, 0.2) is 6.61 Å². The Labute approximate surface area is 261 Å². The maximum atomic E-state index is 13.8. The predicted octanol–water partition coefficient (Wildman–Crippen LogP) is 4.42. The van der Waals surface area contributed by atoms with Crippen molar-refractivity contribution in [2.45, 2.75) is 24.0 Å². The van der Waals surface area contributed by atoms with Crippen molar-refractivity contribution in [1.29, 1.82) is 0 Å². The third-order valence-electron chi connectivity index (χ3n) is 7.07. The van der Waals surface area contributed by atoms with Crippen molar-refractivity contribution in [2.24, 2.45) is 0 Å². The number of hydrogen-bond donors (Lipinski definition) is 1. The first-order valence-electron chi connectivity index (χ1n) is 14.0. The van der Waals surface area contributed by atoms with Gasteiger partial charge < -0.3 is 24.1 Å². The number of sulfonamides is 1. The van der Waals surface area contributed by atoms with Crippen molar-refractivity contribution in [3.63, 3.8) is 0 Å². The van der Waals surface area contributed by atoms with E-state index in [0.29, 0.717) is 35.3 Å². The summed E-state index contributed by atoms with van der Waals surface area (Å²) in [6, 6.07) is 24.4. The lowest BCUT2D eigenvalue weighted by atomic mass is 10.0. The summed E-state index contributed by atoms with van der Waals surface area (Å²) < 4.78 is 43.8. The van der Waals surface area contributed by atoms with Gasteiger partial charge in [-0.2, -0.15) is 4.31 Å². The maximum absolute atomic E-state index is 13.8. The monoisotopic (exact) mass is 637 g/mol. The average molecular weight is 638 g/mol. The first-order chi connectivity index (χ1) is 21.3. The minimum absolute atomic E-state index is 0.101. The molecule has 0 saturated carbocycles. The van der Waals surface area contributed by atoms with Crippen LogP contribution >= 0.6 is 11.6 Å². The van der Waals surface area contributed by atoms with Gasteiger partial charge in [-0.3, -0.25) is 9.59 Å². The summed E-state index contributed by atoms with van der Waals surface area (Å²) in [5.41, 5.74) is 1.38. The largest absolute Gasteiger partial charge is 0.484 e. The number of morpholine rings is 1. The van der Waals surface area contributed by atoms with Crippen LogP contribution < -0.4 is 10.1 Å². The van der Waals surface area contributed by atoms with Crippen LogP contribution in [0.3, 0.4) is 0 Å². The SMILES string of the molecule is O=C(NCc1ccco1)[C@@H](c1ccccc1)N(Cc1ccc(Cl)cc1)C(=O)COc1ccc(S(=O)(=O)N2CCOCC2)cc1. The lowest BCUT2D eigenvalue weighted by Crippen LogP contribution is -2.45. The van der Waals surface area contributed by atoms with Gasteiger partial charge in [-0.05, 0) is 59.7 Å². The zero-order valence-electron chi connectivity index (χ0n) is 23.8. The molecular formula is C32H32ClN3O7S. The highest BCUT2D eigenvalue weighted by Gasteiger charge is 2.32. The van der Waals surface area contributed by atoms with Crippen molar-refractivity contribution in [3.8, 4) is 5.75 Å². The molecule has 1 atom stereocenters. The van der Waals surface area contributed by atoms with E-state index in [1.54, 1.807) is 60.7 Å². The molecule has 1 saturated heterocycles. The Hall–Kier alpha value is -4.16. The van der Waals surface area contributed by atoms with Gasteiger partial charge in [0.2, 0.25) is 15.9 Å². The first kappa shape index (κ1) is 31.3. The van der Waals surface area contributed by atoms with Crippen molar-refractivity contribution in [3.05, 3.63) is 119 Å². The van der Waals surface area contributed by atoms with Crippen molar-refractivity contribution < 1.29 is 31.9 Å². The van der Waals surface area contributed by atoms with Crippen LogP contribution in [0.25, 0.3) is 0 Å². The highest BCUT2D eigenvalue weighted by atomic mass is 35.5. The van der Waals surface area contributed by atoms with E-state index < -0.39 is 34.5 Å². The molecule has 0 bridgehead atoms. The van der Waals surface area contributed by atoms with Gasteiger partial charge >= 0.3 is 0 Å². The highest BCUT2D eigenvalue weighted by molar-refractivity contribution is 7.89. The molecule has 4 aromatic rings. The molecule has 1 aliphatic rings. The van der Waals surface area contributed by atoms with Gasteiger partial charge in [-0.25, -0.2) is 8.42 Å². The fraction of sp³-hybridized carbons (Fsp3) is 0.250. The predicted molar refractivity (Wildman–Crippen MR) is 163 cm³/mol. The molecule has 44 heavy (non-hydrogen) atoms. The summed E-state index contributed by atoms with van der Waals surface area (Å²) in [4.78, 5) is 29.1. The van der Waals surface area contributed by atoms with E-state index in [1.165, 1.54) is 39.7 Å². The average Bonchev–Trinajstić information content (AvgIpc) is 3.58. The highest BCUT2D eigenvalue weighted by Crippen LogP contribution is 2.26. The Morgan fingerprint density at radius 3 is 2.30 bits per heavy atom. The summed E-state index contributed by atoms with van der Waals surface area (Å²) in [7, 11) is -3.67. The Kier molecular flexibility index (Phi) is 10.3. The minimum Gasteiger partial charge on any atom is -0.484 e. The van der Waals surface area contributed by atoms with Crippen LogP contribution in [0.4, 0.5) is 0 Å². The second kappa shape index (κ2) is 14.5. The Morgan fingerprint density at radius 1 is 0.932 bits per heavy atom. The lowest BCUT2D eigenvalue weighted by Gasteiger charge is -2.31. The number of benzene rings is 3. The van der Waals surface area contributed by atoms with Crippen LogP contribution in [0.5, 0.6) is 5.75 Å². The van der Waals surface area contributed by atoms with Gasteiger partial charge in [0, 0.05) is 24.7 Å². The smallest absolute Gasteiger partial charge is 0.261 e. The standard InChI is InChI=1S/C32H32ClN3O7S/c33-26-10-8-24(9-11-26)22-36(31(25-5-2-1-3-6-25)32(38)34-21-28-7-4-18-42-28)30(37)23-43-27-12-14-29(15-13-27)44(39,40)35-16-19-41-20-17-35/h1-15,18,31H,16-17,19-23H2,(H,34,38)/t31-/m1/s1. The molecular weight excluding hydrogens is 606 g/mol. The van der Waals surface area contributed by atoms with E-state index >= 15 is 0 Å². The molecule has 12 heteroatoms. The number of amides is 2. The topological polar surface area (TPSA) is 118 Å². The number of halogens is 1. The molecule has 2 amide bonds. The molecule has 1 aliphatic heterocycles. The molecule has 0 aliphatic carbocycles. The third kappa shape index (κ3) is 7.86. The quantitative estimate of drug-likeness (QED) is 0.244. The number of nitrogens with zero attached hydrogens (tertiary/aromatic N) is 2. The normalized spacial score (nSPS) is 14.5. The molecule has 230 valence electrons. The van der Waals surface area contributed by atoms with Gasteiger partial charge in [0.05, 0.1) is 30.9 Å². The van der Waals surface area contributed by atoms with E-state index in [1.807, 2.05) is 6.07 Å². The molecule has 3 aromatic carbocycles. The van der Waals surface area contributed by atoms with E-state index in [-0.39, 0.29) is 31.1 Å². The van der Waals surface area contributed by atoms with Gasteiger partial charge in [-0.1, -0.05) is 54.1 Å². The molecule has 10 nitrogen and oxygen atoms in total. The van der Waals surface area contributed by atoms with Crippen LogP contribution in [0.1, 0.15) is 22.9 Å². The van der Waals surface area contributed by atoms with Crippen molar-refractivity contribution in [2.75, 3.05) is 32.9 Å². The van der Waals surface area contributed by atoms with Crippen LogP contribution in [0, 0.1) is 0 Å². The summed E-state index contributed by atoms with van der Waals surface area (Å²) in [6.07, 6.45) is 1.52. The van der Waals surface area contributed by atoms with E-state index in [4.69, 9.17) is 25.5 Å². The molecule has 5 rings (SSSR count). The second-order valence-electron chi connectivity index (χ2n) is 10.0. The van der Waals surface area contributed by atoms with Crippen molar-refractivity contribution in [1.82, 2.24) is 14.5 Å². The fourth-order valence-electron chi connectivity index (χ4n) is 4.77. The van der Waals surface area contributed by atoms with E-state index in [9.17, 15) is 18.0 Å². The van der Waals surface area contributed by atoms with Crippen LogP contribution in [0.2, 0.25) is 5.02 Å². The van der Waals surface area contributed by atoms with Crippen LogP contribution in [-0.2, 0) is 37.4 Å². The maximum Gasteiger partial charge on any atom is 0.261 e. The Morgan fingerprint density at radius 2 is 1.64 bits per heavy atom. The molecule has 1 N–H and O–H groups in total. The number of carbonyl (C=O) groups excluding carboxylic acids is 2. The third-order valence-corrected chi connectivity index (χ3v) is 9.24. The van der Waals surface area contributed by atoms with Gasteiger partial charge in [0.25, 0.3) is 5.91 Å².